The second kappa shape index (κ2) is 13.7. The van der Waals surface area contributed by atoms with Crippen molar-refractivity contribution in [1.82, 2.24) is 19.5 Å². The van der Waals surface area contributed by atoms with Gasteiger partial charge in [0.1, 0.15) is 0 Å². The van der Waals surface area contributed by atoms with Crippen LogP contribution in [0, 0.1) is 29.1 Å². The van der Waals surface area contributed by atoms with Crippen molar-refractivity contribution in [2.24, 2.45) is 17.8 Å². The van der Waals surface area contributed by atoms with Crippen LogP contribution in [-0.4, -0.2) is 19.5 Å². The minimum Gasteiger partial charge on any atom is -0.278 e. The summed E-state index contributed by atoms with van der Waals surface area (Å²) in [4.78, 5) is 15.4. The minimum atomic E-state index is 0.324. The van der Waals surface area contributed by atoms with Crippen LogP contribution in [0.3, 0.4) is 0 Å². The fourth-order valence-electron chi connectivity index (χ4n) is 10.4. The molecular weight excluding hydrogens is 683 g/mol. The van der Waals surface area contributed by atoms with E-state index in [0.29, 0.717) is 28.6 Å². The van der Waals surface area contributed by atoms with Gasteiger partial charge in [-0.05, 0) is 119 Å². The Bertz CT molecular complexity index is 2740. The zero-order valence-corrected chi connectivity index (χ0v) is 31.9. The maximum Gasteiger partial charge on any atom is 0.238 e. The highest BCUT2D eigenvalue weighted by Gasteiger charge is 2.45. The summed E-state index contributed by atoms with van der Waals surface area (Å²) < 4.78 is 2.16. The Kier molecular flexibility index (Phi) is 8.37. The lowest BCUT2D eigenvalue weighted by Crippen LogP contribution is -2.42. The normalized spacial score (nSPS) is 20.6. The molecule has 56 heavy (non-hydrogen) atoms. The van der Waals surface area contributed by atoms with Crippen molar-refractivity contribution in [1.29, 1.82) is 5.26 Å². The van der Waals surface area contributed by atoms with E-state index in [9.17, 15) is 5.26 Å². The molecule has 272 valence electrons. The standard InChI is InChI=1S/C51H43N5/c1-33-27-36-28-34(2)30-51(29-33,31-36)42-25-23-38(24-26-42)37-19-21-41(22-20-37)49-53-48(40-17-15-35(32-52)16-18-40)54-50(55-49)56-45-13-7-6-11-44(45)47-43(12-8-14-46(47)56)39-9-4-3-5-10-39/h3-26,33-34,36H,27-31H2,1-2H3/t33-,34+,36?,51?. The number of rotatable bonds is 6. The van der Waals surface area contributed by atoms with Crippen molar-refractivity contribution in [3.8, 4) is 57.0 Å². The molecule has 0 saturated heterocycles. The van der Waals surface area contributed by atoms with Crippen molar-refractivity contribution in [3.63, 3.8) is 0 Å². The molecule has 0 N–H and O–H groups in total. The van der Waals surface area contributed by atoms with E-state index in [-0.39, 0.29) is 0 Å². The van der Waals surface area contributed by atoms with Gasteiger partial charge < -0.3 is 0 Å². The van der Waals surface area contributed by atoms with E-state index >= 15 is 0 Å². The molecule has 2 heterocycles. The third-order valence-corrected chi connectivity index (χ3v) is 12.5. The highest BCUT2D eigenvalue weighted by molar-refractivity contribution is 6.15. The third kappa shape index (κ3) is 5.97. The Hall–Kier alpha value is -6.38. The molecule has 2 unspecified atom stereocenters. The number of hydrogen-bond acceptors (Lipinski definition) is 4. The molecule has 2 bridgehead atoms. The van der Waals surface area contributed by atoms with E-state index < -0.39 is 0 Å². The summed E-state index contributed by atoms with van der Waals surface area (Å²) in [6.45, 7) is 4.92. The van der Waals surface area contributed by atoms with Gasteiger partial charge in [-0.2, -0.15) is 15.2 Å². The molecule has 5 heteroatoms. The molecular formula is C51H43N5. The van der Waals surface area contributed by atoms with E-state index in [1.165, 1.54) is 48.8 Å². The summed E-state index contributed by atoms with van der Waals surface area (Å²) in [6, 6.07) is 53.2. The van der Waals surface area contributed by atoms with E-state index in [1.807, 2.05) is 24.3 Å². The van der Waals surface area contributed by atoms with Crippen molar-refractivity contribution in [2.75, 3.05) is 0 Å². The number of fused-ring (bicyclic) bond motifs is 5. The first kappa shape index (κ1) is 34.1. The Labute approximate surface area is 328 Å². The maximum atomic E-state index is 9.50. The van der Waals surface area contributed by atoms with Gasteiger partial charge in [0.25, 0.3) is 0 Å². The van der Waals surface area contributed by atoms with Gasteiger partial charge in [0, 0.05) is 21.9 Å². The van der Waals surface area contributed by atoms with Crippen LogP contribution in [0.2, 0.25) is 0 Å². The summed E-state index contributed by atoms with van der Waals surface area (Å²) in [5, 5.41) is 11.8. The first-order valence-electron chi connectivity index (χ1n) is 20.0. The van der Waals surface area contributed by atoms with E-state index in [2.05, 4.69) is 146 Å². The van der Waals surface area contributed by atoms with Crippen LogP contribution in [0.15, 0.2) is 146 Å². The van der Waals surface area contributed by atoms with Gasteiger partial charge >= 0.3 is 0 Å². The fourth-order valence-corrected chi connectivity index (χ4v) is 10.4. The predicted molar refractivity (Wildman–Crippen MR) is 227 cm³/mol. The Morgan fingerprint density at radius 1 is 0.554 bits per heavy atom. The summed E-state index contributed by atoms with van der Waals surface area (Å²) in [5.41, 5.74) is 10.9. The topological polar surface area (TPSA) is 67.4 Å². The van der Waals surface area contributed by atoms with E-state index in [1.54, 1.807) is 0 Å². The molecule has 6 aromatic carbocycles. The quantitative estimate of drug-likeness (QED) is 0.171. The number of para-hydroxylation sites is 1. The summed E-state index contributed by atoms with van der Waals surface area (Å²) in [6.07, 6.45) is 6.74. The molecule has 2 fully saturated rings. The molecule has 0 amide bonds. The van der Waals surface area contributed by atoms with Crippen LogP contribution in [0.1, 0.15) is 57.1 Å². The van der Waals surface area contributed by atoms with E-state index in [4.69, 9.17) is 15.0 Å². The maximum absolute atomic E-state index is 9.50. The summed E-state index contributed by atoms with van der Waals surface area (Å²) in [7, 11) is 0. The molecule has 2 saturated carbocycles. The van der Waals surface area contributed by atoms with Gasteiger partial charge in [0.05, 0.1) is 22.7 Å². The van der Waals surface area contributed by atoms with Gasteiger partial charge in [-0.3, -0.25) is 4.57 Å². The van der Waals surface area contributed by atoms with Gasteiger partial charge in [0.15, 0.2) is 11.6 Å². The second-order valence-corrected chi connectivity index (χ2v) is 16.5. The van der Waals surface area contributed by atoms with Gasteiger partial charge in [0.2, 0.25) is 5.95 Å². The van der Waals surface area contributed by atoms with Gasteiger partial charge in [-0.25, -0.2) is 4.98 Å². The number of hydrogen-bond donors (Lipinski definition) is 0. The highest BCUT2D eigenvalue weighted by Crippen LogP contribution is 2.54. The lowest BCUT2D eigenvalue weighted by Gasteiger charge is -2.50. The number of nitriles is 1. The molecule has 0 spiro atoms. The minimum absolute atomic E-state index is 0.324. The molecule has 0 aliphatic heterocycles. The van der Waals surface area contributed by atoms with Crippen molar-refractivity contribution >= 4 is 21.8 Å². The van der Waals surface area contributed by atoms with Crippen LogP contribution in [-0.2, 0) is 5.41 Å². The smallest absolute Gasteiger partial charge is 0.238 e. The molecule has 2 aromatic heterocycles. The second-order valence-electron chi connectivity index (χ2n) is 16.5. The van der Waals surface area contributed by atoms with E-state index in [0.717, 1.165) is 61.8 Å². The van der Waals surface area contributed by atoms with Crippen molar-refractivity contribution < 1.29 is 0 Å². The van der Waals surface area contributed by atoms with Crippen molar-refractivity contribution in [2.45, 2.75) is 51.4 Å². The first-order valence-corrected chi connectivity index (χ1v) is 20.0. The largest absolute Gasteiger partial charge is 0.278 e. The first-order chi connectivity index (χ1) is 27.4. The zero-order valence-electron chi connectivity index (χ0n) is 31.9. The Balaban J connectivity index is 1.06. The lowest BCUT2D eigenvalue weighted by molar-refractivity contribution is 0.0780. The number of nitrogens with zero attached hydrogens (tertiary/aromatic N) is 5. The van der Waals surface area contributed by atoms with Crippen LogP contribution in [0.5, 0.6) is 0 Å². The third-order valence-electron chi connectivity index (χ3n) is 12.5. The lowest BCUT2D eigenvalue weighted by atomic mass is 9.54. The number of benzene rings is 6. The average Bonchev–Trinajstić information content (AvgIpc) is 3.58. The molecule has 8 aromatic rings. The van der Waals surface area contributed by atoms with Crippen LogP contribution in [0.4, 0.5) is 0 Å². The average molecular weight is 726 g/mol. The van der Waals surface area contributed by atoms with Crippen LogP contribution < -0.4 is 0 Å². The number of aromatic nitrogens is 4. The van der Waals surface area contributed by atoms with Gasteiger partial charge in [-0.15, -0.1) is 0 Å². The fraction of sp³-hybridized carbons (Fsp3) is 0.216. The Morgan fingerprint density at radius 2 is 1.12 bits per heavy atom. The van der Waals surface area contributed by atoms with Crippen LogP contribution in [0.25, 0.3) is 72.8 Å². The predicted octanol–water partition coefficient (Wildman–Crippen LogP) is 12.6. The molecule has 10 rings (SSSR count). The Morgan fingerprint density at radius 3 is 1.79 bits per heavy atom. The molecule has 4 atom stereocenters. The van der Waals surface area contributed by atoms with Crippen molar-refractivity contribution in [3.05, 3.63) is 157 Å². The molecule has 2 aliphatic rings. The van der Waals surface area contributed by atoms with Gasteiger partial charge in [-0.1, -0.05) is 123 Å². The SMILES string of the molecule is C[C@@H]1CC2C[C@H](C)CC(c3ccc(-c4ccc(-c5nc(-c6ccc(C#N)cc6)nc(-n6c7ccccc7c7c(-c8ccccc8)cccc76)n5)cc4)cc3)(C2)C1. The summed E-state index contributed by atoms with van der Waals surface area (Å²) >= 11 is 0. The highest BCUT2D eigenvalue weighted by atomic mass is 15.2. The molecule has 5 nitrogen and oxygen atoms in total. The monoisotopic (exact) mass is 725 g/mol. The molecule has 2 aliphatic carbocycles. The van der Waals surface area contributed by atoms with Crippen LogP contribution >= 0.6 is 0 Å². The summed E-state index contributed by atoms with van der Waals surface area (Å²) in [5.74, 6) is 4.14. The molecule has 0 radical (unpaired) electrons. The zero-order chi connectivity index (χ0) is 37.8.